The standard InChI is InChI=1S/C21H32N4O4/c1-3-22-21(25-10-12-29-19(15-25)18-5-4-11-28-18)24-14-20(26)23-13-16-6-8-17(27-2)9-7-16/h6-9,18-19H,3-5,10-15H2,1-2H3,(H,22,24)(H,23,26). The van der Waals surface area contributed by atoms with Crippen LogP contribution in [0, 0.1) is 0 Å². The Morgan fingerprint density at radius 3 is 2.69 bits per heavy atom. The zero-order chi connectivity index (χ0) is 20.5. The lowest BCUT2D eigenvalue weighted by Crippen LogP contribution is -2.53. The number of hydrogen-bond donors (Lipinski definition) is 2. The molecule has 29 heavy (non-hydrogen) atoms. The Morgan fingerprint density at radius 2 is 2.00 bits per heavy atom. The van der Waals surface area contributed by atoms with Gasteiger partial charge in [-0.3, -0.25) is 4.79 Å². The van der Waals surface area contributed by atoms with E-state index in [0.717, 1.165) is 56.4 Å². The lowest BCUT2D eigenvalue weighted by atomic mass is 10.1. The lowest BCUT2D eigenvalue weighted by Gasteiger charge is -2.37. The maximum atomic E-state index is 12.3. The highest BCUT2D eigenvalue weighted by atomic mass is 16.5. The van der Waals surface area contributed by atoms with Crippen molar-refractivity contribution in [2.24, 2.45) is 4.99 Å². The van der Waals surface area contributed by atoms with Crippen LogP contribution in [0.4, 0.5) is 0 Å². The molecule has 8 nitrogen and oxygen atoms in total. The summed E-state index contributed by atoms with van der Waals surface area (Å²) < 4.78 is 16.8. The summed E-state index contributed by atoms with van der Waals surface area (Å²) in [5.74, 6) is 1.44. The average molecular weight is 405 g/mol. The van der Waals surface area contributed by atoms with Crippen molar-refractivity contribution in [2.45, 2.75) is 38.5 Å². The quantitative estimate of drug-likeness (QED) is 0.524. The van der Waals surface area contributed by atoms with E-state index in [4.69, 9.17) is 14.2 Å². The summed E-state index contributed by atoms with van der Waals surface area (Å²) in [5.41, 5.74) is 1.02. The van der Waals surface area contributed by atoms with Gasteiger partial charge in [-0.2, -0.15) is 0 Å². The van der Waals surface area contributed by atoms with Gasteiger partial charge in [0.2, 0.25) is 5.91 Å². The predicted octanol–water partition coefficient (Wildman–Crippen LogP) is 1.16. The molecule has 1 aromatic rings. The van der Waals surface area contributed by atoms with Crippen LogP contribution >= 0.6 is 0 Å². The minimum Gasteiger partial charge on any atom is -0.497 e. The van der Waals surface area contributed by atoms with E-state index >= 15 is 0 Å². The molecule has 2 saturated heterocycles. The summed E-state index contributed by atoms with van der Waals surface area (Å²) in [6, 6.07) is 7.63. The van der Waals surface area contributed by atoms with Gasteiger partial charge in [0.1, 0.15) is 18.4 Å². The molecule has 2 atom stereocenters. The Kier molecular flexibility index (Phi) is 8.13. The summed E-state index contributed by atoms with van der Waals surface area (Å²) in [6.07, 6.45) is 2.35. The van der Waals surface area contributed by atoms with E-state index in [0.29, 0.717) is 13.2 Å². The van der Waals surface area contributed by atoms with Crippen molar-refractivity contribution in [3.8, 4) is 5.75 Å². The van der Waals surface area contributed by atoms with E-state index in [1.165, 1.54) is 0 Å². The van der Waals surface area contributed by atoms with Gasteiger partial charge < -0.3 is 29.7 Å². The fourth-order valence-electron chi connectivity index (χ4n) is 3.56. The van der Waals surface area contributed by atoms with Gasteiger partial charge in [0, 0.05) is 32.8 Å². The molecular formula is C21H32N4O4. The number of nitrogens with one attached hydrogen (secondary N) is 2. The number of aliphatic imine (C=N–C) groups is 1. The van der Waals surface area contributed by atoms with E-state index in [1.807, 2.05) is 31.2 Å². The maximum absolute atomic E-state index is 12.3. The number of rotatable bonds is 7. The zero-order valence-corrected chi connectivity index (χ0v) is 17.4. The zero-order valence-electron chi connectivity index (χ0n) is 17.4. The Morgan fingerprint density at radius 1 is 1.21 bits per heavy atom. The van der Waals surface area contributed by atoms with Crippen LogP contribution in [0.25, 0.3) is 0 Å². The summed E-state index contributed by atoms with van der Waals surface area (Å²) in [4.78, 5) is 19.0. The van der Waals surface area contributed by atoms with Gasteiger partial charge in [-0.25, -0.2) is 4.99 Å². The molecule has 3 rings (SSSR count). The fourth-order valence-corrected chi connectivity index (χ4v) is 3.56. The number of nitrogens with zero attached hydrogens (tertiary/aromatic N) is 2. The molecule has 0 saturated carbocycles. The largest absolute Gasteiger partial charge is 0.497 e. The van der Waals surface area contributed by atoms with Gasteiger partial charge in [0.05, 0.1) is 19.8 Å². The molecule has 0 radical (unpaired) electrons. The third kappa shape index (κ3) is 6.33. The number of amides is 1. The molecule has 0 aliphatic carbocycles. The van der Waals surface area contributed by atoms with E-state index in [2.05, 4.69) is 20.5 Å². The van der Waals surface area contributed by atoms with Gasteiger partial charge >= 0.3 is 0 Å². The highest BCUT2D eigenvalue weighted by Crippen LogP contribution is 2.21. The van der Waals surface area contributed by atoms with Crippen LogP contribution in [-0.2, 0) is 20.8 Å². The number of morpholine rings is 1. The molecule has 2 N–H and O–H groups in total. The van der Waals surface area contributed by atoms with Crippen molar-refractivity contribution in [1.29, 1.82) is 0 Å². The Hall–Kier alpha value is -2.32. The first-order chi connectivity index (χ1) is 14.2. The van der Waals surface area contributed by atoms with Gasteiger partial charge in [-0.15, -0.1) is 0 Å². The van der Waals surface area contributed by atoms with Crippen molar-refractivity contribution >= 4 is 11.9 Å². The van der Waals surface area contributed by atoms with Crippen molar-refractivity contribution < 1.29 is 19.0 Å². The van der Waals surface area contributed by atoms with Crippen molar-refractivity contribution in [1.82, 2.24) is 15.5 Å². The van der Waals surface area contributed by atoms with Crippen LogP contribution in [-0.4, -0.2) is 75.5 Å². The first kappa shape index (κ1) is 21.4. The van der Waals surface area contributed by atoms with Gasteiger partial charge in [-0.05, 0) is 37.5 Å². The normalized spacial score (nSPS) is 22.4. The minimum absolute atomic E-state index is 0.0546. The molecule has 2 unspecified atom stereocenters. The van der Waals surface area contributed by atoms with Crippen LogP contribution < -0.4 is 15.4 Å². The van der Waals surface area contributed by atoms with Crippen molar-refractivity contribution in [2.75, 3.05) is 46.5 Å². The molecule has 2 heterocycles. The third-order valence-corrected chi connectivity index (χ3v) is 5.13. The van der Waals surface area contributed by atoms with Crippen LogP contribution in [0.5, 0.6) is 5.75 Å². The second-order valence-electron chi connectivity index (χ2n) is 7.20. The number of guanidine groups is 1. The van der Waals surface area contributed by atoms with Crippen LogP contribution in [0.1, 0.15) is 25.3 Å². The molecular weight excluding hydrogens is 372 g/mol. The second-order valence-corrected chi connectivity index (χ2v) is 7.20. The second kappa shape index (κ2) is 11.0. The Balaban J connectivity index is 1.51. The first-order valence-electron chi connectivity index (χ1n) is 10.4. The van der Waals surface area contributed by atoms with Gasteiger partial charge in [-0.1, -0.05) is 12.1 Å². The third-order valence-electron chi connectivity index (χ3n) is 5.13. The number of carbonyl (C=O) groups excluding carboxylic acids is 1. The molecule has 1 amide bonds. The SMILES string of the molecule is CCNC(=NCC(=O)NCc1ccc(OC)cc1)N1CCOC(C2CCCO2)C1. The number of carbonyl (C=O) groups is 1. The monoisotopic (exact) mass is 404 g/mol. The van der Waals surface area contributed by atoms with Crippen LogP contribution in [0.3, 0.4) is 0 Å². The lowest BCUT2D eigenvalue weighted by molar-refractivity contribution is -0.119. The Labute approximate surface area is 172 Å². The van der Waals surface area contributed by atoms with E-state index in [1.54, 1.807) is 7.11 Å². The van der Waals surface area contributed by atoms with E-state index in [-0.39, 0.29) is 24.7 Å². The summed E-state index contributed by atoms with van der Waals surface area (Å²) in [6.45, 7) is 6.25. The average Bonchev–Trinajstić information content (AvgIpc) is 3.30. The smallest absolute Gasteiger partial charge is 0.242 e. The van der Waals surface area contributed by atoms with E-state index < -0.39 is 0 Å². The Bertz CT molecular complexity index is 674. The summed E-state index contributed by atoms with van der Waals surface area (Å²) >= 11 is 0. The molecule has 0 spiro atoms. The topological polar surface area (TPSA) is 84.4 Å². The highest BCUT2D eigenvalue weighted by molar-refractivity contribution is 5.85. The molecule has 0 bridgehead atoms. The van der Waals surface area contributed by atoms with Crippen LogP contribution in [0.15, 0.2) is 29.3 Å². The molecule has 2 fully saturated rings. The molecule has 2 aliphatic heterocycles. The summed E-state index contributed by atoms with van der Waals surface area (Å²) in [5, 5.41) is 6.20. The van der Waals surface area contributed by atoms with Gasteiger partial charge in [0.15, 0.2) is 5.96 Å². The predicted molar refractivity (Wildman–Crippen MR) is 111 cm³/mol. The molecule has 0 aromatic heterocycles. The van der Waals surface area contributed by atoms with Crippen molar-refractivity contribution in [3.63, 3.8) is 0 Å². The number of ether oxygens (including phenoxy) is 3. The van der Waals surface area contributed by atoms with Crippen molar-refractivity contribution in [3.05, 3.63) is 29.8 Å². The first-order valence-corrected chi connectivity index (χ1v) is 10.4. The fraction of sp³-hybridized carbons (Fsp3) is 0.619. The molecule has 8 heteroatoms. The van der Waals surface area contributed by atoms with Crippen LogP contribution in [0.2, 0.25) is 0 Å². The molecule has 2 aliphatic rings. The number of methoxy groups -OCH3 is 1. The molecule has 1 aromatic carbocycles. The molecule has 160 valence electrons. The maximum Gasteiger partial charge on any atom is 0.242 e. The van der Waals surface area contributed by atoms with Gasteiger partial charge in [0.25, 0.3) is 0 Å². The summed E-state index contributed by atoms with van der Waals surface area (Å²) in [7, 11) is 1.63. The number of hydrogen-bond acceptors (Lipinski definition) is 5. The van der Waals surface area contributed by atoms with E-state index in [9.17, 15) is 4.79 Å². The number of benzene rings is 1. The highest BCUT2D eigenvalue weighted by Gasteiger charge is 2.32. The minimum atomic E-state index is -0.111.